The van der Waals surface area contributed by atoms with Crippen molar-refractivity contribution in [3.05, 3.63) is 18.2 Å². The molecule has 110 valence electrons. The zero-order chi connectivity index (χ0) is 14.2. The Hall–Kier alpha value is -1.42. The van der Waals surface area contributed by atoms with Crippen molar-refractivity contribution in [2.45, 2.75) is 44.3 Å². The summed E-state index contributed by atoms with van der Waals surface area (Å²) >= 11 is 0. The highest BCUT2D eigenvalue weighted by atomic mass is 16.5. The summed E-state index contributed by atoms with van der Waals surface area (Å²) in [5, 5.41) is 10.1. The number of rotatable bonds is 4. The Labute approximate surface area is 119 Å². The molecule has 1 aromatic carbocycles. The van der Waals surface area contributed by atoms with Gasteiger partial charge in [0.1, 0.15) is 23.4 Å². The fraction of sp³-hybridized carbons (Fsp3) is 0.625. The van der Waals surface area contributed by atoms with E-state index in [0.717, 1.165) is 36.5 Å². The van der Waals surface area contributed by atoms with E-state index in [1.807, 2.05) is 18.2 Å². The Kier molecular flexibility index (Phi) is 3.50. The van der Waals surface area contributed by atoms with E-state index in [1.54, 1.807) is 14.2 Å². The van der Waals surface area contributed by atoms with Gasteiger partial charge >= 0.3 is 0 Å². The van der Waals surface area contributed by atoms with E-state index < -0.39 is 0 Å². The molecule has 4 nitrogen and oxygen atoms in total. The van der Waals surface area contributed by atoms with E-state index >= 15 is 0 Å². The number of aliphatic hydroxyl groups excluding tert-OH is 1. The first-order valence-corrected chi connectivity index (χ1v) is 7.26. The van der Waals surface area contributed by atoms with Gasteiger partial charge in [0.2, 0.25) is 0 Å². The molecule has 0 amide bonds. The summed E-state index contributed by atoms with van der Waals surface area (Å²) in [5.41, 5.74) is -0.0175. The van der Waals surface area contributed by atoms with Crippen molar-refractivity contribution in [3.8, 4) is 17.2 Å². The number of hydrogen-bond donors (Lipinski definition) is 1. The van der Waals surface area contributed by atoms with E-state index in [0.29, 0.717) is 0 Å². The van der Waals surface area contributed by atoms with Crippen molar-refractivity contribution in [2.75, 3.05) is 14.2 Å². The topological polar surface area (TPSA) is 47.9 Å². The molecule has 0 radical (unpaired) electrons. The molecule has 20 heavy (non-hydrogen) atoms. The molecule has 1 spiro atoms. The molecule has 1 aromatic rings. The monoisotopic (exact) mass is 278 g/mol. The lowest BCUT2D eigenvalue weighted by Crippen LogP contribution is -2.58. The fourth-order valence-corrected chi connectivity index (χ4v) is 3.59. The van der Waals surface area contributed by atoms with Crippen LogP contribution in [0, 0.1) is 5.41 Å². The number of benzene rings is 1. The largest absolute Gasteiger partial charge is 0.496 e. The quantitative estimate of drug-likeness (QED) is 0.920. The highest BCUT2D eigenvalue weighted by Crippen LogP contribution is 2.54. The highest BCUT2D eigenvalue weighted by molar-refractivity contribution is 5.42. The lowest BCUT2D eigenvalue weighted by molar-refractivity contribution is -0.152. The molecule has 1 N–H and O–H groups in total. The second kappa shape index (κ2) is 5.17. The molecule has 0 heterocycles. The van der Waals surface area contributed by atoms with Crippen LogP contribution in [-0.4, -0.2) is 31.5 Å². The first-order valence-electron chi connectivity index (χ1n) is 7.26. The molecule has 4 heteroatoms. The van der Waals surface area contributed by atoms with Gasteiger partial charge in [0, 0.05) is 30.0 Å². The summed E-state index contributed by atoms with van der Waals surface area (Å²) in [6.45, 7) is 0. The van der Waals surface area contributed by atoms with E-state index in [9.17, 15) is 5.11 Å². The Bertz CT molecular complexity index is 457. The van der Waals surface area contributed by atoms with Crippen molar-refractivity contribution in [1.29, 1.82) is 0 Å². The van der Waals surface area contributed by atoms with Gasteiger partial charge in [-0.2, -0.15) is 0 Å². The van der Waals surface area contributed by atoms with E-state index in [-0.39, 0.29) is 17.6 Å². The van der Waals surface area contributed by atoms with Gasteiger partial charge in [-0.3, -0.25) is 0 Å². The van der Waals surface area contributed by atoms with Crippen LogP contribution in [0.15, 0.2) is 18.2 Å². The maximum absolute atomic E-state index is 10.1. The summed E-state index contributed by atoms with van der Waals surface area (Å²) in [7, 11) is 3.26. The Morgan fingerprint density at radius 1 is 1.00 bits per heavy atom. The summed E-state index contributed by atoms with van der Waals surface area (Å²) in [6, 6.07) is 5.57. The third-order valence-electron chi connectivity index (χ3n) is 4.88. The highest BCUT2D eigenvalue weighted by Gasteiger charge is 2.57. The van der Waals surface area contributed by atoms with Crippen LogP contribution in [0.4, 0.5) is 0 Å². The minimum Gasteiger partial charge on any atom is -0.496 e. The van der Waals surface area contributed by atoms with Crippen molar-refractivity contribution < 1.29 is 19.3 Å². The third-order valence-corrected chi connectivity index (χ3v) is 4.88. The first-order chi connectivity index (χ1) is 9.68. The van der Waals surface area contributed by atoms with Crippen LogP contribution in [0.2, 0.25) is 0 Å². The average molecular weight is 278 g/mol. The molecule has 2 saturated carbocycles. The summed E-state index contributed by atoms with van der Waals surface area (Å²) in [5.74, 6) is 2.20. The van der Waals surface area contributed by atoms with Crippen molar-refractivity contribution >= 4 is 0 Å². The molecule has 0 bridgehead atoms. The van der Waals surface area contributed by atoms with Gasteiger partial charge in [0.15, 0.2) is 0 Å². The van der Waals surface area contributed by atoms with Gasteiger partial charge < -0.3 is 19.3 Å². The minimum absolute atomic E-state index is 0.0175. The zero-order valence-corrected chi connectivity index (χ0v) is 12.1. The Morgan fingerprint density at radius 2 is 1.55 bits per heavy atom. The number of hydrogen-bond acceptors (Lipinski definition) is 4. The van der Waals surface area contributed by atoms with E-state index in [2.05, 4.69) is 0 Å². The molecule has 0 saturated heterocycles. The van der Waals surface area contributed by atoms with Crippen molar-refractivity contribution in [2.24, 2.45) is 5.41 Å². The van der Waals surface area contributed by atoms with Gasteiger partial charge in [-0.25, -0.2) is 0 Å². The summed E-state index contributed by atoms with van der Waals surface area (Å²) in [6.07, 6.45) is 5.15. The molecule has 2 unspecified atom stereocenters. The number of ether oxygens (including phenoxy) is 3. The fourth-order valence-electron chi connectivity index (χ4n) is 3.59. The molecule has 2 aliphatic rings. The predicted molar refractivity (Wildman–Crippen MR) is 75.5 cm³/mol. The minimum atomic E-state index is -0.206. The summed E-state index contributed by atoms with van der Waals surface area (Å²) in [4.78, 5) is 0. The van der Waals surface area contributed by atoms with Gasteiger partial charge in [-0.15, -0.1) is 0 Å². The molecule has 2 fully saturated rings. The Morgan fingerprint density at radius 3 is 2.05 bits per heavy atom. The lowest BCUT2D eigenvalue weighted by Gasteiger charge is -2.51. The van der Waals surface area contributed by atoms with Crippen LogP contribution in [0.1, 0.15) is 32.1 Å². The molecule has 3 rings (SSSR count). The third kappa shape index (κ3) is 2.12. The molecule has 2 atom stereocenters. The van der Waals surface area contributed by atoms with Crippen LogP contribution in [0.5, 0.6) is 17.2 Å². The molecule has 2 aliphatic carbocycles. The first kappa shape index (κ1) is 13.6. The second-order valence-corrected chi connectivity index (χ2v) is 5.85. The van der Waals surface area contributed by atoms with Gasteiger partial charge in [0.25, 0.3) is 0 Å². The molecule has 0 aliphatic heterocycles. The zero-order valence-electron chi connectivity index (χ0n) is 12.1. The predicted octanol–water partition coefficient (Wildman–Crippen LogP) is 2.78. The number of aliphatic hydroxyl groups is 1. The van der Waals surface area contributed by atoms with Crippen molar-refractivity contribution in [1.82, 2.24) is 0 Å². The average Bonchev–Trinajstić information content (AvgIpc) is 2.99. The van der Waals surface area contributed by atoms with Crippen molar-refractivity contribution in [3.63, 3.8) is 0 Å². The normalized spacial score (nSPS) is 27.1. The van der Waals surface area contributed by atoms with Crippen LogP contribution >= 0.6 is 0 Å². The SMILES string of the molecule is COc1cc(OC)cc(OC2CC(O)C23CCCC3)c1. The van der Waals surface area contributed by atoms with Crippen LogP contribution in [0.25, 0.3) is 0 Å². The summed E-state index contributed by atoms with van der Waals surface area (Å²) < 4.78 is 16.6. The standard InChI is InChI=1S/C16H22O4/c1-18-11-7-12(19-2)9-13(8-11)20-15-10-14(17)16(15)5-3-4-6-16/h7-9,14-15,17H,3-6,10H2,1-2H3. The maximum atomic E-state index is 10.1. The molecular weight excluding hydrogens is 256 g/mol. The lowest BCUT2D eigenvalue weighted by atomic mass is 9.62. The maximum Gasteiger partial charge on any atom is 0.127 e. The van der Waals surface area contributed by atoms with Crippen LogP contribution in [-0.2, 0) is 0 Å². The second-order valence-electron chi connectivity index (χ2n) is 5.85. The Balaban J connectivity index is 1.78. The van der Waals surface area contributed by atoms with Crippen LogP contribution < -0.4 is 14.2 Å². The van der Waals surface area contributed by atoms with E-state index in [4.69, 9.17) is 14.2 Å². The van der Waals surface area contributed by atoms with E-state index in [1.165, 1.54) is 12.8 Å². The van der Waals surface area contributed by atoms with Crippen LogP contribution in [0.3, 0.4) is 0 Å². The molecule has 0 aromatic heterocycles. The molecular formula is C16H22O4. The smallest absolute Gasteiger partial charge is 0.127 e. The number of methoxy groups -OCH3 is 2. The van der Waals surface area contributed by atoms with Gasteiger partial charge in [-0.1, -0.05) is 12.8 Å². The van der Waals surface area contributed by atoms with Gasteiger partial charge in [-0.05, 0) is 12.8 Å². The van der Waals surface area contributed by atoms with Gasteiger partial charge in [0.05, 0.1) is 20.3 Å².